The largest absolute Gasteiger partial charge is 0.393 e. The Kier molecular flexibility index (Phi) is 9.25. The fourth-order valence-electron chi connectivity index (χ4n) is 1.50. The standard InChI is InChI=1S/C14H26O2/c1-4-14(16)9-8-12(2)6-5-7-13(3)10-11-15/h6,10,14-16H,4-5,7-9,11H2,1-3H3/t14-/m1/s1. The Labute approximate surface area is 99.7 Å². The highest BCUT2D eigenvalue weighted by Crippen LogP contribution is 2.12. The van der Waals surface area contributed by atoms with Gasteiger partial charge in [-0.2, -0.15) is 0 Å². The molecule has 0 saturated heterocycles. The predicted octanol–water partition coefficient (Wildman–Crippen LogP) is 3.20. The first-order chi connectivity index (χ1) is 7.60. The summed E-state index contributed by atoms with van der Waals surface area (Å²) < 4.78 is 0. The Bertz CT molecular complexity index is 229. The van der Waals surface area contributed by atoms with Crippen molar-refractivity contribution in [2.24, 2.45) is 0 Å². The lowest BCUT2D eigenvalue weighted by atomic mass is 10.0. The van der Waals surface area contributed by atoms with E-state index in [1.165, 1.54) is 11.1 Å². The molecule has 0 aromatic carbocycles. The van der Waals surface area contributed by atoms with E-state index in [1.54, 1.807) is 0 Å². The fourth-order valence-corrected chi connectivity index (χ4v) is 1.50. The summed E-state index contributed by atoms with van der Waals surface area (Å²) in [6.45, 7) is 6.30. The molecular formula is C14H26O2. The van der Waals surface area contributed by atoms with Crippen LogP contribution in [0.1, 0.15) is 52.9 Å². The third-order valence-corrected chi connectivity index (χ3v) is 2.81. The van der Waals surface area contributed by atoms with Crippen molar-refractivity contribution in [2.45, 2.75) is 59.0 Å². The molecule has 2 heteroatoms. The van der Waals surface area contributed by atoms with E-state index < -0.39 is 0 Å². The number of hydrogen-bond acceptors (Lipinski definition) is 2. The normalized spacial score (nSPS) is 15.3. The van der Waals surface area contributed by atoms with E-state index in [1.807, 2.05) is 19.9 Å². The zero-order valence-corrected chi connectivity index (χ0v) is 10.9. The van der Waals surface area contributed by atoms with Crippen LogP contribution in [0.5, 0.6) is 0 Å². The molecule has 0 bridgehead atoms. The lowest BCUT2D eigenvalue weighted by Gasteiger charge is -2.07. The second kappa shape index (κ2) is 9.61. The molecule has 0 amide bonds. The summed E-state index contributed by atoms with van der Waals surface area (Å²) in [6, 6.07) is 0. The van der Waals surface area contributed by atoms with Gasteiger partial charge in [0.15, 0.2) is 0 Å². The van der Waals surface area contributed by atoms with Crippen molar-refractivity contribution in [3.63, 3.8) is 0 Å². The Morgan fingerprint density at radius 1 is 1.12 bits per heavy atom. The van der Waals surface area contributed by atoms with Crippen LogP contribution in [-0.4, -0.2) is 22.9 Å². The Morgan fingerprint density at radius 3 is 2.31 bits per heavy atom. The van der Waals surface area contributed by atoms with E-state index in [0.29, 0.717) is 0 Å². The highest BCUT2D eigenvalue weighted by molar-refractivity contribution is 5.03. The highest BCUT2D eigenvalue weighted by atomic mass is 16.3. The van der Waals surface area contributed by atoms with Crippen LogP contribution in [0.3, 0.4) is 0 Å². The average Bonchev–Trinajstić information content (AvgIpc) is 2.26. The topological polar surface area (TPSA) is 40.5 Å². The van der Waals surface area contributed by atoms with Crippen molar-refractivity contribution >= 4 is 0 Å². The molecule has 0 aromatic rings. The van der Waals surface area contributed by atoms with E-state index in [0.717, 1.165) is 32.1 Å². The Morgan fingerprint density at radius 2 is 1.75 bits per heavy atom. The van der Waals surface area contributed by atoms with E-state index in [-0.39, 0.29) is 12.7 Å². The molecule has 2 nitrogen and oxygen atoms in total. The van der Waals surface area contributed by atoms with Crippen LogP contribution >= 0.6 is 0 Å². The third kappa shape index (κ3) is 8.69. The Balaban J connectivity index is 3.74. The van der Waals surface area contributed by atoms with Crippen molar-refractivity contribution in [1.82, 2.24) is 0 Å². The molecular weight excluding hydrogens is 200 g/mol. The molecule has 94 valence electrons. The molecule has 1 atom stereocenters. The first-order valence-electron chi connectivity index (χ1n) is 6.20. The summed E-state index contributed by atoms with van der Waals surface area (Å²) in [5.41, 5.74) is 2.59. The SMILES string of the molecule is CC[C@@H](O)CCC(C)=CCCC(C)=CCO. The molecule has 2 N–H and O–H groups in total. The predicted molar refractivity (Wildman–Crippen MR) is 69.4 cm³/mol. The van der Waals surface area contributed by atoms with Gasteiger partial charge in [-0.1, -0.05) is 30.2 Å². The van der Waals surface area contributed by atoms with Gasteiger partial charge in [0.1, 0.15) is 0 Å². The van der Waals surface area contributed by atoms with Crippen LogP contribution in [0.15, 0.2) is 23.3 Å². The van der Waals surface area contributed by atoms with Crippen LogP contribution in [0, 0.1) is 0 Å². The van der Waals surface area contributed by atoms with Crippen LogP contribution in [0.4, 0.5) is 0 Å². The molecule has 0 spiro atoms. The van der Waals surface area contributed by atoms with Crippen LogP contribution in [-0.2, 0) is 0 Å². The molecule has 0 aromatic heterocycles. The number of aliphatic hydroxyl groups is 2. The minimum Gasteiger partial charge on any atom is -0.393 e. The average molecular weight is 226 g/mol. The van der Waals surface area contributed by atoms with Gasteiger partial charge < -0.3 is 10.2 Å². The van der Waals surface area contributed by atoms with Gasteiger partial charge in [-0.25, -0.2) is 0 Å². The zero-order chi connectivity index (χ0) is 12.4. The molecule has 0 saturated carbocycles. The zero-order valence-electron chi connectivity index (χ0n) is 10.9. The highest BCUT2D eigenvalue weighted by Gasteiger charge is 2.00. The summed E-state index contributed by atoms with van der Waals surface area (Å²) in [7, 11) is 0. The van der Waals surface area contributed by atoms with Crippen molar-refractivity contribution in [3.05, 3.63) is 23.3 Å². The maximum Gasteiger partial charge on any atom is 0.0614 e. The number of hydrogen-bond donors (Lipinski definition) is 2. The van der Waals surface area contributed by atoms with Gasteiger partial charge in [0.05, 0.1) is 12.7 Å². The fraction of sp³-hybridized carbons (Fsp3) is 0.714. The molecule has 0 aliphatic rings. The molecule has 0 fully saturated rings. The molecule has 0 aliphatic heterocycles. The van der Waals surface area contributed by atoms with Crippen LogP contribution < -0.4 is 0 Å². The summed E-state index contributed by atoms with van der Waals surface area (Å²) >= 11 is 0. The molecule has 0 aliphatic carbocycles. The van der Waals surface area contributed by atoms with E-state index in [9.17, 15) is 5.11 Å². The first kappa shape index (κ1) is 15.4. The van der Waals surface area contributed by atoms with Crippen molar-refractivity contribution in [1.29, 1.82) is 0 Å². The van der Waals surface area contributed by atoms with E-state index in [2.05, 4.69) is 13.0 Å². The van der Waals surface area contributed by atoms with Crippen molar-refractivity contribution in [3.8, 4) is 0 Å². The lowest BCUT2D eigenvalue weighted by Crippen LogP contribution is -2.03. The molecule has 0 heterocycles. The quantitative estimate of drug-likeness (QED) is 0.624. The van der Waals surface area contributed by atoms with Gasteiger partial charge in [0.2, 0.25) is 0 Å². The van der Waals surface area contributed by atoms with Gasteiger partial charge in [0, 0.05) is 0 Å². The first-order valence-corrected chi connectivity index (χ1v) is 6.20. The molecule has 0 rings (SSSR count). The molecule has 0 radical (unpaired) electrons. The maximum absolute atomic E-state index is 9.43. The van der Waals surface area contributed by atoms with Gasteiger partial charge in [-0.3, -0.25) is 0 Å². The molecule has 16 heavy (non-hydrogen) atoms. The second-order valence-corrected chi connectivity index (χ2v) is 4.42. The van der Waals surface area contributed by atoms with E-state index >= 15 is 0 Å². The smallest absolute Gasteiger partial charge is 0.0614 e. The minimum atomic E-state index is -0.153. The minimum absolute atomic E-state index is 0.136. The van der Waals surface area contributed by atoms with Crippen molar-refractivity contribution < 1.29 is 10.2 Å². The summed E-state index contributed by atoms with van der Waals surface area (Å²) in [4.78, 5) is 0. The van der Waals surface area contributed by atoms with Crippen molar-refractivity contribution in [2.75, 3.05) is 6.61 Å². The Hall–Kier alpha value is -0.600. The van der Waals surface area contributed by atoms with Crippen LogP contribution in [0.25, 0.3) is 0 Å². The number of aliphatic hydroxyl groups excluding tert-OH is 2. The number of allylic oxidation sites excluding steroid dienone is 3. The number of rotatable bonds is 8. The summed E-state index contributed by atoms with van der Waals surface area (Å²) in [5.74, 6) is 0. The van der Waals surface area contributed by atoms with Gasteiger partial charge in [-0.15, -0.1) is 0 Å². The van der Waals surface area contributed by atoms with Gasteiger partial charge in [-0.05, 0) is 46.0 Å². The second-order valence-electron chi connectivity index (χ2n) is 4.42. The molecule has 0 unspecified atom stereocenters. The maximum atomic E-state index is 9.43. The third-order valence-electron chi connectivity index (χ3n) is 2.81. The summed E-state index contributed by atoms with van der Waals surface area (Å²) in [6.07, 6.45) is 8.65. The van der Waals surface area contributed by atoms with E-state index in [4.69, 9.17) is 5.11 Å². The van der Waals surface area contributed by atoms with Crippen LogP contribution in [0.2, 0.25) is 0 Å². The van der Waals surface area contributed by atoms with Gasteiger partial charge >= 0.3 is 0 Å². The van der Waals surface area contributed by atoms with Gasteiger partial charge in [0.25, 0.3) is 0 Å². The lowest BCUT2D eigenvalue weighted by molar-refractivity contribution is 0.160. The summed E-state index contributed by atoms with van der Waals surface area (Å²) in [5, 5.41) is 18.1. The monoisotopic (exact) mass is 226 g/mol.